The molecule has 0 N–H and O–H groups in total. The summed E-state index contributed by atoms with van der Waals surface area (Å²) in [6.07, 6.45) is 3.08. The number of ether oxygens (including phenoxy) is 1. The second-order valence-electron chi connectivity index (χ2n) is 2.45. The van der Waals surface area contributed by atoms with E-state index in [1.54, 1.807) is 0 Å². The highest BCUT2D eigenvalue weighted by Crippen LogP contribution is 2.10. The van der Waals surface area contributed by atoms with Crippen LogP contribution in [0.4, 0.5) is 0 Å². The molecule has 0 aromatic carbocycles. The molecule has 0 aromatic heterocycles. The molecule has 0 aliphatic carbocycles. The van der Waals surface area contributed by atoms with Crippen molar-refractivity contribution in [1.29, 1.82) is 0 Å². The third-order valence-electron chi connectivity index (χ3n) is 1.28. The Hall–Kier alpha value is -0.470. The van der Waals surface area contributed by atoms with E-state index in [1.807, 2.05) is 6.92 Å². The van der Waals surface area contributed by atoms with E-state index >= 15 is 0 Å². The Labute approximate surface area is 88.2 Å². The highest BCUT2D eigenvalue weighted by atomic mass is 35.5. The number of carbonyl (C=O) groups excluding carboxylic acids is 1. The van der Waals surface area contributed by atoms with E-state index in [9.17, 15) is 4.79 Å². The smallest absolute Gasteiger partial charge is 0.337 e. The fourth-order valence-corrected chi connectivity index (χ4v) is 0.856. The van der Waals surface area contributed by atoms with E-state index in [0.717, 1.165) is 12.8 Å². The molecule has 0 unspecified atom stereocenters. The van der Waals surface area contributed by atoms with Crippen LogP contribution in [0.25, 0.3) is 0 Å². The first-order chi connectivity index (χ1) is 6.07. The van der Waals surface area contributed by atoms with E-state index in [-0.39, 0.29) is 10.1 Å². The summed E-state index contributed by atoms with van der Waals surface area (Å²) in [4.78, 5) is 11.1. The van der Waals surface area contributed by atoms with Gasteiger partial charge in [0.25, 0.3) is 0 Å². The van der Waals surface area contributed by atoms with Crippen LogP contribution in [0.15, 0.2) is 22.7 Å². The summed E-state index contributed by atoms with van der Waals surface area (Å²) < 4.78 is 4.84. The molecule has 0 saturated heterocycles. The zero-order chi connectivity index (χ0) is 10.3. The Morgan fingerprint density at radius 2 is 2.15 bits per heavy atom. The number of halogens is 2. The quantitative estimate of drug-likeness (QED) is 0.309. The molecule has 0 radical (unpaired) electrons. The molecule has 4 heteroatoms. The summed E-state index contributed by atoms with van der Waals surface area (Å²) in [5, 5.41) is 0. The number of rotatable bonds is 5. The maximum atomic E-state index is 11.1. The highest BCUT2D eigenvalue weighted by molar-refractivity contribution is 6.56. The van der Waals surface area contributed by atoms with Gasteiger partial charge in [0.15, 0.2) is 0 Å². The molecule has 0 aliphatic heterocycles. The summed E-state index contributed by atoms with van der Waals surface area (Å²) in [6, 6.07) is 0. The average molecular weight is 223 g/mol. The van der Waals surface area contributed by atoms with Crippen molar-refractivity contribution in [2.24, 2.45) is 0 Å². The highest BCUT2D eigenvalue weighted by Gasteiger charge is 2.05. The third-order valence-corrected chi connectivity index (χ3v) is 1.49. The van der Waals surface area contributed by atoms with Gasteiger partial charge in [-0.05, 0) is 12.5 Å². The molecule has 0 fully saturated rings. The van der Waals surface area contributed by atoms with Gasteiger partial charge in [0.2, 0.25) is 0 Å². The zero-order valence-electron chi connectivity index (χ0n) is 7.48. The van der Waals surface area contributed by atoms with Gasteiger partial charge in [0.05, 0.1) is 12.2 Å². The van der Waals surface area contributed by atoms with Crippen LogP contribution in [-0.2, 0) is 9.53 Å². The molecule has 0 spiro atoms. The summed E-state index contributed by atoms with van der Waals surface area (Å²) >= 11 is 10.7. The van der Waals surface area contributed by atoms with Crippen LogP contribution >= 0.6 is 23.2 Å². The number of carbonyl (C=O) groups is 1. The first kappa shape index (κ1) is 12.5. The number of unbranched alkanes of at least 4 members (excludes halogenated alkanes) is 1. The van der Waals surface area contributed by atoms with Crippen molar-refractivity contribution in [3.63, 3.8) is 0 Å². The van der Waals surface area contributed by atoms with E-state index in [2.05, 4.69) is 6.58 Å². The van der Waals surface area contributed by atoms with Crippen molar-refractivity contribution in [2.45, 2.75) is 19.8 Å². The van der Waals surface area contributed by atoms with Gasteiger partial charge in [-0.1, -0.05) is 43.1 Å². The molecule has 0 bridgehead atoms. The van der Waals surface area contributed by atoms with Gasteiger partial charge in [-0.2, -0.15) is 0 Å². The van der Waals surface area contributed by atoms with Crippen molar-refractivity contribution in [3.8, 4) is 0 Å². The van der Waals surface area contributed by atoms with E-state index in [1.165, 1.54) is 6.08 Å². The lowest BCUT2D eigenvalue weighted by Crippen LogP contribution is -2.06. The fraction of sp³-hybridized carbons (Fsp3) is 0.444. The molecule has 0 atom stereocenters. The minimum atomic E-state index is -0.479. The summed E-state index contributed by atoms with van der Waals surface area (Å²) in [5.41, 5.74) is 0.163. The van der Waals surface area contributed by atoms with Gasteiger partial charge in [-0.15, -0.1) is 0 Å². The molecule has 0 saturated carbocycles. The van der Waals surface area contributed by atoms with Crippen molar-refractivity contribution in [2.75, 3.05) is 6.61 Å². The normalized spacial score (nSPS) is 9.15. The van der Waals surface area contributed by atoms with Crippen LogP contribution in [0.5, 0.6) is 0 Å². The van der Waals surface area contributed by atoms with E-state index in [4.69, 9.17) is 27.9 Å². The Balaban J connectivity index is 3.84. The van der Waals surface area contributed by atoms with Gasteiger partial charge >= 0.3 is 5.97 Å². The van der Waals surface area contributed by atoms with Gasteiger partial charge in [0.1, 0.15) is 4.49 Å². The molecular weight excluding hydrogens is 211 g/mol. The second kappa shape index (κ2) is 6.98. The number of esters is 1. The molecule has 0 rings (SSSR count). The second-order valence-corrected chi connectivity index (χ2v) is 3.46. The van der Waals surface area contributed by atoms with Crippen molar-refractivity contribution < 1.29 is 9.53 Å². The van der Waals surface area contributed by atoms with Crippen molar-refractivity contribution in [1.82, 2.24) is 0 Å². The molecule has 0 aliphatic rings. The van der Waals surface area contributed by atoms with Crippen LogP contribution in [0, 0.1) is 0 Å². The van der Waals surface area contributed by atoms with Crippen LogP contribution in [0.1, 0.15) is 19.8 Å². The first-order valence-electron chi connectivity index (χ1n) is 3.96. The summed E-state index contributed by atoms with van der Waals surface area (Å²) in [5.74, 6) is -0.479. The van der Waals surface area contributed by atoms with Crippen LogP contribution in [0.3, 0.4) is 0 Å². The Morgan fingerprint density at radius 3 is 2.62 bits per heavy atom. The van der Waals surface area contributed by atoms with Crippen LogP contribution in [-0.4, -0.2) is 12.6 Å². The van der Waals surface area contributed by atoms with Gasteiger partial charge in [0, 0.05) is 0 Å². The maximum Gasteiger partial charge on any atom is 0.337 e. The van der Waals surface area contributed by atoms with E-state index in [0.29, 0.717) is 6.61 Å². The number of hydrogen-bond donors (Lipinski definition) is 0. The Morgan fingerprint density at radius 1 is 1.54 bits per heavy atom. The maximum absolute atomic E-state index is 11.1. The largest absolute Gasteiger partial charge is 0.462 e. The van der Waals surface area contributed by atoms with Crippen LogP contribution < -0.4 is 0 Å². The molecule has 2 nitrogen and oxygen atoms in total. The minimum absolute atomic E-state index is 0.00237. The lowest BCUT2D eigenvalue weighted by Gasteiger charge is -2.02. The van der Waals surface area contributed by atoms with Gasteiger partial charge in [-0.25, -0.2) is 4.79 Å². The SMILES string of the molecule is C=C(C=C(Cl)Cl)C(=O)OCCCC. The molecule has 0 amide bonds. The monoisotopic (exact) mass is 222 g/mol. The van der Waals surface area contributed by atoms with Crippen LogP contribution in [0.2, 0.25) is 0 Å². The third kappa shape index (κ3) is 6.67. The molecule has 13 heavy (non-hydrogen) atoms. The van der Waals surface area contributed by atoms with Gasteiger partial charge in [-0.3, -0.25) is 0 Å². The molecule has 74 valence electrons. The lowest BCUT2D eigenvalue weighted by molar-refractivity contribution is -0.138. The minimum Gasteiger partial charge on any atom is -0.462 e. The predicted molar refractivity (Wildman–Crippen MR) is 54.8 cm³/mol. The van der Waals surface area contributed by atoms with E-state index < -0.39 is 5.97 Å². The van der Waals surface area contributed by atoms with Crippen molar-refractivity contribution >= 4 is 29.2 Å². The Kier molecular flexibility index (Phi) is 6.73. The summed E-state index contributed by atoms with van der Waals surface area (Å²) in [7, 11) is 0. The Bertz CT molecular complexity index is 218. The van der Waals surface area contributed by atoms with Gasteiger partial charge < -0.3 is 4.74 Å². The topological polar surface area (TPSA) is 26.3 Å². The number of hydrogen-bond acceptors (Lipinski definition) is 2. The van der Waals surface area contributed by atoms with Crippen molar-refractivity contribution in [3.05, 3.63) is 22.7 Å². The summed E-state index contributed by atoms with van der Waals surface area (Å²) in [6.45, 7) is 5.87. The standard InChI is InChI=1S/C9H12Cl2O2/c1-3-4-5-13-9(12)7(2)6-8(10)11/h6H,2-5H2,1H3. The first-order valence-corrected chi connectivity index (χ1v) is 4.72. The lowest BCUT2D eigenvalue weighted by atomic mass is 10.3. The zero-order valence-corrected chi connectivity index (χ0v) is 8.99. The molecule has 0 heterocycles. The fourth-order valence-electron chi connectivity index (χ4n) is 0.593. The predicted octanol–water partition coefficient (Wildman–Crippen LogP) is 3.20. The molecule has 0 aromatic rings. The average Bonchev–Trinajstić information content (AvgIpc) is 2.03. The molecular formula is C9H12Cl2O2.